The van der Waals surface area contributed by atoms with Crippen molar-refractivity contribution in [2.75, 3.05) is 13.2 Å². The average Bonchev–Trinajstić information content (AvgIpc) is 3.28. The molecule has 4 unspecified atom stereocenters. The molecule has 28 heavy (non-hydrogen) atoms. The molecule has 2 rings (SSSR count). The molecule has 5 atom stereocenters. The van der Waals surface area contributed by atoms with Crippen molar-refractivity contribution in [1.82, 2.24) is 0 Å². The molecular weight excluding hydrogens is 371 g/mol. The molecule has 4 nitrogen and oxygen atoms in total. The van der Waals surface area contributed by atoms with Crippen molar-refractivity contribution in [3.8, 4) is 0 Å². The zero-order valence-corrected chi connectivity index (χ0v) is 19.3. The second kappa shape index (κ2) is 12.4. The quantitative estimate of drug-likeness (QED) is 0.216. The minimum atomic E-state index is -0.441. The van der Waals surface area contributed by atoms with E-state index in [9.17, 15) is 4.79 Å². The van der Waals surface area contributed by atoms with Crippen LogP contribution in [-0.2, 0) is 18.8 Å². The zero-order valence-electron chi connectivity index (χ0n) is 18.2. The molecule has 162 valence electrons. The molecule has 0 radical (unpaired) electrons. The van der Waals surface area contributed by atoms with E-state index in [4.69, 9.17) is 14.0 Å². The molecule has 0 aromatic rings. The van der Waals surface area contributed by atoms with Crippen LogP contribution in [-0.4, -0.2) is 30.9 Å². The lowest BCUT2D eigenvalue weighted by atomic mass is 9.85. The van der Waals surface area contributed by atoms with Crippen molar-refractivity contribution >= 4 is 15.2 Å². The van der Waals surface area contributed by atoms with Crippen molar-refractivity contribution < 1.29 is 18.8 Å². The van der Waals surface area contributed by atoms with Crippen molar-refractivity contribution in [2.45, 2.75) is 96.9 Å². The molecule has 2 fully saturated rings. The summed E-state index contributed by atoms with van der Waals surface area (Å²) in [5, 5.41) is 0. The fourth-order valence-electron chi connectivity index (χ4n) is 4.52. The summed E-state index contributed by atoms with van der Waals surface area (Å²) in [6.07, 6.45) is 14.4. The highest BCUT2D eigenvalue weighted by atomic mass is 31.0. The highest BCUT2D eigenvalue weighted by molar-refractivity contribution is 7.09. The van der Waals surface area contributed by atoms with Gasteiger partial charge < -0.3 is 14.0 Å². The summed E-state index contributed by atoms with van der Waals surface area (Å²) in [6.45, 7) is 8.07. The molecule has 0 N–H and O–H groups in total. The Balaban J connectivity index is 1.95. The Kier molecular flexibility index (Phi) is 10.6. The lowest BCUT2D eigenvalue weighted by Gasteiger charge is -2.31. The predicted molar refractivity (Wildman–Crippen MR) is 117 cm³/mol. The van der Waals surface area contributed by atoms with Crippen LogP contribution in [0.25, 0.3) is 0 Å². The Labute approximate surface area is 174 Å². The van der Waals surface area contributed by atoms with Crippen LogP contribution in [0.15, 0.2) is 12.2 Å². The lowest BCUT2D eigenvalue weighted by molar-refractivity contribution is -0.171. The Hall–Kier alpha value is -0.280. The molecule has 1 aliphatic heterocycles. The normalized spacial score (nSPS) is 28.4. The molecule has 2 aliphatic rings. The first-order chi connectivity index (χ1) is 13.5. The summed E-state index contributed by atoms with van der Waals surface area (Å²) in [5.41, 5.74) is 0. The van der Waals surface area contributed by atoms with Gasteiger partial charge in [-0.25, -0.2) is 0 Å². The molecule has 5 heteroatoms. The summed E-state index contributed by atoms with van der Waals surface area (Å²) in [5.74, 6) is 0.915. The first-order valence-electron chi connectivity index (χ1n) is 11.4. The number of allylic oxidation sites excluding steroid dienone is 2. The fraction of sp³-hybridized carbons (Fsp3) is 0.870. The number of ether oxygens (including phenoxy) is 2. The van der Waals surface area contributed by atoms with E-state index >= 15 is 0 Å². The number of Topliss-reactive ketones (excluding diaryl/α,β-unsaturated/α-hetero) is 1. The Morgan fingerprint density at radius 2 is 1.96 bits per heavy atom. The number of rotatable bonds is 13. The summed E-state index contributed by atoms with van der Waals surface area (Å²) >= 11 is 0. The van der Waals surface area contributed by atoms with Crippen molar-refractivity contribution in [3.05, 3.63) is 12.2 Å². The number of hydrogen-bond donors (Lipinski definition) is 0. The van der Waals surface area contributed by atoms with Crippen LogP contribution in [0, 0.1) is 17.8 Å². The van der Waals surface area contributed by atoms with Crippen LogP contribution in [0.1, 0.15) is 85.0 Å². The summed E-state index contributed by atoms with van der Waals surface area (Å²) < 4.78 is 17.7. The van der Waals surface area contributed by atoms with Gasteiger partial charge in [-0.1, -0.05) is 52.2 Å². The van der Waals surface area contributed by atoms with Gasteiger partial charge in [-0.2, -0.15) is 0 Å². The smallest absolute Gasteiger partial charge is 0.168 e. The number of carbonyl (C=O) groups excluding carboxylic acids is 1. The molecule has 1 saturated heterocycles. The third-order valence-corrected chi connectivity index (χ3v) is 6.96. The highest BCUT2D eigenvalue weighted by Crippen LogP contribution is 2.41. The molecular formula is C23H41O4P. The van der Waals surface area contributed by atoms with E-state index in [0.29, 0.717) is 31.3 Å². The van der Waals surface area contributed by atoms with Crippen LogP contribution in [0.5, 0.6) is 0 Å². The number of unbranched alkanes of at least 4 members (excludes halogenated alkanes) is 2. The predicted octanol–water partition coefficient (Wildman–Crippen LogP) is 5.85. The van der Waals surface area contributed by atoms with E-state index in [1.807, 2.05) is 0 Å². The first-order valence-corrected chi connectivity index (χ1v) is 11.8. The van der Waals surface area contributed by atoms with E-state index in [-0.39, 0.29) is 17.9 Å². The lowest BCUT2D eigenvalue weighted by Crippen LogP contribution is -2.32. The monoisotopic (exact) mass is 412 g/mol. The second-order valence-electron chi connectivity index (χ2n) is 8.67. The highest BCUT2D eigenvalue weighted by Gasteiger charge is 2.44. The number of hydrogen-bond acceptors (Lipinski definition) is 4. The summed E-state index contributed by atoms with van der Waals surface area (Å²) in [4.78, 5) is 12.6. The minimum Gasteiger partial charge on any atom is -0.362 e. The minimum absolute atomic E-state index is 0.000407. The summed E-state index contributed by atoms with van der Waals surface area (Å²) in [7, 11) is 2.38. The van der Waals surface area contributed by atoms with Crippen LogP contribution in [0.3, 0.4) is 0 Å². The van der Waals surface area contributed by atoms with E-state index in [2.05, 4.69) is 42.4 Å². The Morgan fingerprint density at radius 3 is 2.61 bits per heavy atom. The number of ketones is 1. The maximum absolute atomic E-state index is 12.6. The van der Waals surface area contributed by atoms with Gasteiger partial charge in [0.15, 0.2) is 5.79 Å². The van der Waals surface area contributed by atoms with Crippen molar-refractivity contribution in [2.24, 2.45) is 17.8 Å². The third kappa shape index (κ3) is 6.90. The summed E-state index contributed by atoms with van der Waals surface area (Å²) in [6, 6.07) is 0. The van der Waals surface area contributed by atoms with Gasteiger partial charge >= 0.3 is 0 Å². The van der Waals surface area contributed by atoms with E-state index in [1.165, 1.54) is 19.3 Å². The van der Waals surface area contributed by atoms with Gasteiger partial charge in [-0.15, -0.1) is 0 Å². The molecule has 1 saturated carbocycles. The largest absolute Gasteiger partial charge is 0.362 e. The van der Waals surface area contributed by atoms with Gasteiger partial charge in [0.1, 0.15) is 5.78 Å². The van der Waals surface area contributed by atoms with Crippen LogP contribution < -0.4 is 0 Å². The van der Waals surface area contributed by atoms with Gasteiger partial charge in [0.05, 0.1) is 19.3 Å². The average molecular weight is 413 g/mol. The third-order valence-electron chi connectivity index (χ3n) is 6.61. The topological polar surface area (TPSA) is 44.8 Å². The van der Waals surface area contributed by atoms with Crippen LogP contribution >= 0.6 is 9.47 Å². The van der Waals surface area contributed by atoms with E-state index in [1.54, 1.807) is 0 Å². The van der Waals surface area contributed by atoms with Crippen LogP contribution in [0.2, 0.25) is 0 Å². The molecule has 0 spiro atoms. The molecule has 0 amide bonds. The molecule has 0 aromatic heterocycles. The number of carbonyl (C=O) groups is 1. The molecule has 1 aliphatic carbocycles. The SMILES string of the molecule is CCCCCC1(CC[C@H]2C(OP)CC(=O)C2C/C=C\CC(C)CC)OCCO1. The van der Waals surface area contributed by atoms with Gasteiger partial charge in [0.25, 0.3) is 0 Å². The molecule has 1 heterocycles. The zero-order chi connectivity index (χ0) is 20.4. The fourth-order valence-corrected chi connectivity index (χ4v) is 4.82. The van der Waals surface area contributed by atoms with Gasteiger partial charge in [-0.05, 0) is 37.5 Å². The maximum Gasteiger partial charge on any atom is 0.168 e. The van der Waals surface area contributed by atoms with Crippen molar-refractivity contribution in [3.63, 3.8) is 0 Å². The second-order valence-corrected chi connectivity index (χ2v) is 8.95. The van der Waals surface area contributed by atoms with Gasteiger partial charge in [0, 0.05) is 34.6 Å². The van der Waals surface area contributed by atoms with E-state index < -0.39 is 5.79 Å². The van der Waals surface area contributed by atoms with Gasteiger partial charge in [0.2, 0.25) is 0 Å². The molecule has 0 bridgehead atoms. The Bertz CT molecular complexity index is 487. The van der Waals surface area contributed by atoms with E-state index in [0.717, 1.165) is 38.5 Å². The van der Waals surface area contributed by atoms with Gasteiger partial charge in [-0.3, -0.25) is 4.79 Å². The maximum atomic E-state index is 12.6. The van der Waals surface area contributed by atoms with Crippen molar-refractivity contribution in [1.29, 1.82) is 0 Å². The standard InChI is InChI=1S/C23H41O4P/c1-4-6-9-13-23(25-15-16-26-23)14-12-20-19(21(24)17-22(20)27-28)11-8-7-10-18(3)5-2/h7-8,18-20,22H,4-6,9-17,28H2,1-3H3/b8-7-/t18?,19?,20-,22?/m1/s1. The van der Waals surface area contributed by atoms with Crippen LogP contribution in [0.4, 0.5) is 0 Å². The molecule has 0 aromatic carbocycles. The first kappa shape index (κ1) is 24.0. The Morgan fingerprint density at radius 1 is 1.21 bits per heavy atom.